The number of rotatable bonds is 11. The van der Waals surface area contributed by atoms with E-state index in [1.807, 2.05) is 23.0 Å². The Morgan fingerprint density at radius 3 is 1.84 bits per heavy atom. The molecule has 31 heteroatoms. The monoisotopic (exact) mass is 1010 g/mol. The number of carbonyl (C=O) groups excluding carboxylic acids is 4. The molecule has 5 rings (SSSR count). The highest BCUT2D eigenvalue weighted by Crippen LogP contribution is 2.28. The highest BCUT2D eigenvalue weighted by atomic mass is 35.5. The number of carboxylic acid groups (broad SMARTS) is 3. The number of piperidine rings is 2. The molecule has 0 atom stereocenters. The van der Waals surface area contributed by atoms with E-state index in [1.54, 1.807) is 12.1 Å². The number of likely N-dealkylation sites (tertiary alicyclic amines) is 1. The number of halogens is 10. The molecule has 0 unspecified atom stereocenters. The summed E-state index contributed by atoms with van der Waals surface area (Å²) in [5.41, 5.74) is 13.4. The largest absolute Gasteiger partial charge is 0.542 e. The van der Waals surface area contributed by atoms with Gasteiger partial charge in [-0.2, -0.15) is 39.5 Å². The summed E-state index contributed by atoms with van der Waals surface area (Å²) in [5.74, 6) is -8.68. The minimum absolute atomic E-state index is 0.0294. The number of amides is 3. The third-order valence-corrected chi connectivity index (χ3v) is 9.80. The number of aliphatic carboxylic acids is 3. The lowest BCUT2D eigenvalue weighted by molar-refractivity contribution is -0.676. The fraction of sp³-hybridized carbons (Fsp3) is 0.541. The smallest absolute Gasteiger partial charge is 0.490 e. The predicted octanol–water partition coefficient (Wildman–Crippen LogP) is 1.14. The van der Waals surface area contributed by atoms with Crippen molar-refractivity contribution in [2.75, 3.05) is 51.3 Å². The number of alkyl halides is 9. The van der Waals surface area contributed by atoms with E-state index in [0.29, 0.717) is 24.4 Å². The zero-order valence-corrected chi connectivity index (χ0v) is 36.9. The first kappa shape index (κ1) is 57.7. The van der Waals surface area contributed by atoms with Crippen LogP contribution in [0.3, 0.4) is 0 Å². The Morgan fingerprint density at radius 1 is 0.853 bits per heavy atom. The molecule has 0 bridgehead atoms. The number of nitrogens with zero attached hydrogens (tertiary/aromatic N) is 5. The van der Waals surface area contributed by atoms with E-state index in [4.69, 9.17) is 57.5 Å². The number of fused-ring (bicyclic) bond motifs is 1. The van der Waals surface area contributed by atoms with Gasteiger partial charge in [-0.15, -0.1) is 0 Å². The van der Waals surface area contributed by atoms with Gasteiger partial charge in [-0.05, 0) is 72.8 Å². The Bertz CT molecular complexity index is 2210. The van der Waals surface area contributed by atoms with Gasteiger partial charge in [0.15, 0.2) is 40.1 Å². The van der Waals surface area contributed by atoms with Gasteiger partial charge in [0.25, 0.3) is 23.5 Å². The summed E-state index contributed by atoms with van der Waals surface area (Å²) in [6, 6.07) is 3.73. The highest BCUT2D eigenvalue weighted by molar-refractivity contribution is 6.31. The number of aromatic nitrogens is 4. The molecule has 380 valence electrons. The maximum absolute atomic E-state index is 13.8. The number of benzene rings is 1. The molecular weight excluding hydrogens is 965 g/mol. The van der Waals surface area contributed by atoms with Crippen LogP contribution in [0.25, 0.3) is 11.0 Å². The van der Waals surface area contributed by atoms with Gasteiger partial charge in [0, 0.05) is 24.2 Å². The number of carboxylic acids is 3. The summed E-state index contributed by atoms with van der Waals surface area (Å²) < 4.78 is 105. The van der Waals surface area contributed by atoms with E-state index in [9.17, 15) is 53.9 Å². The van der Waals surface area contributed by atoms with Crippen molar-refractivity contribution in [2.45, 2.75) is 89.8 Å². The van der Waals surface area contributed by atoms with Crippen LogP contribution >= 0.6 is 11.6 Å². The van der Waals surface area contributed by atoms with Gasteiger partial charge in [0.2, 0.25) is 0 Å². The average molecular weight is 1010 g/mol. The van der Waals surface area contributed by atoms with Gasteiger partial charge in [-0.25, -0.2) is 28.7 Å². The second-order valence-corrected chi connectivity index (χ2v) is 14.7. The maximum atomic E-state index is 13.8. The van der Waals surface area contributed by atoms with Crippen molar-refractivity contribution in [3.05, 3.63) is 34.4 Å². The van der Waals surface area contributed by atoms with Crippen molar-refractivity contribution >= 4 is 69.9 Å². The number of aryl methyl sites for hydroxylation is 2. The number of carbonyl (C=O) groups is 6. The SMILES string of the molecule is CCn1c(CNC(=O)c2nc(Cl)c(N)nc2N)[n+](CC)c2cc(OCC(=O)NC3CCN(C)CC3)c(C(=O)NC3CCNCC3)cc21.O=C(O)C(F)(F)F.O=C(O)C(F)(F)F.O=C([O-])C(F)(F)F. The first-order valence-corrected chi connectivity index (χ1v) is 20.3. The van der Waals surface area contributed by atoms with Crippen LogP contribution in [0.2, 0.25) is 5.15 Å². The van der Waals surface area contributed by atoms with E-state index in [-0.39, 0.29) is 59.5 Å². The molecule has 0 aliphatic carbocycles. The molecule has 21 nitrogen and oxygen atoms in total. The summed E-state index contributed by atoms with van der Waals surface area (Å²) in [6.45, 7) is 8.48. The summed E-state index contributed by atoms with van der Waals surface area (Å²) in [5, 5.41) is 35.3. The maximum Gasteiger partial charge on any atom is 0.490 e. The Labute approximate surface area is 384 Å². The third-order valence-electron chi connectivity index (χ3n) is 9.52. The number of hydrogen-bond donors (Lipinski definition) is 8. The predicted molar refractivity (Wildman–Crippen MR) is 216 cm³/mol. The summed E-state index contributed by atoms with van der Waals surface area (Å²) in [7, 11) is 2.07. The molecule has 2 fully saturated rings. The van der Waals surface area contributed by atoms with Crippen molar-refractivity contribution < 1.29 is 92.9 Å². The lowest BCUT2D eigenvalue weighted by Gasteiger charge is -2.29. The number of nitrogens with two attached hydrogens (primary N) is 2. The molecule has 2 aliphatic heterocycles. The fourth-order valence-electron chi connectivity index (χ4n) is 6.25. The van der Waals surface area contributed by atoms with Crippen LogP contribution in [0.5, 0.6) is 5.75 Å². The lowest BCUT2D eigenvalue weighted by Crippen LogP contribution is -2.45. The first-order chi connectivity index (χ1) is 31.4. The van der Waals surface area contributed by atoms with Crippen molar-refractivity contribution in [3.63, 3.8) is 0 Å². The van der Waals surface area contributed by atoms with Crippen LogP contribution in [-0.2, 0) is 38.8 Å². The Kier molecular flexibility index (Phi) is 21.3. The van der Waals surface area contributed by atoms with Crippen LogP contribution in [-0.4, -0.2) is 136 Å². The van der Waals surface area contributed by atoms with Crippen LogP contribution in [0, 0.1) is 0 Å². The van der Waals surface area contributed by atoms with E-state index in [2.05, 4.69) is 43.2 Å². The van der Waals surface area contributed by atoms with Crippen LogP contribution < -0.4 is 47.1 Å². The number of hydrogen-bond acceptors (Lipinski definition) is 14. The molecule has 3 amide bonds. The van der Waals surface area contributed by atoms with Gasteiger partial charge >= 0.3 is 30.5 Å². The average Bonchev–Trinajstić information content (AvgIpc) is 3.54. The summed E-state index contributed by atoms with van der Waals surface area (Å²) >= 11 is 5.99. The van der Waals surface area contributed by atoms with Crippen LogP contribution in [0.1, 0.15) is 66.2 Å². The standard InChI is InChI=1S/C31H44ClN11O4.3C2HF3O2/c1-4-42-21-14-20(30(45)38-18-6-10-35-11-7-18)23(47-17-24(44)37-19-8-12-41(3)13-9-19)15-22(21)43(5-2)25(42)16-36-31(46)26-28(33)40-29(34)27(32)39-26;3*3-2(4,5)1(6)7/h14-15,18-19,35H,4-13,16-17H2,1-3H3,(H6-,33,34,36,37,38,40,44,45,46);3*(H,6,7). The van der Waals surface area contributed by atoms with Crippen molar-refractivity contribution in [1.82, 2.24) is 40.7 Å². The number of anilines is 2. The molecule has 2 aromatic heterocycles. The number of ether oxygens (including phenoxy) is 1. The second kappa shape index (κ2) is 25.1. The minimum atomic E-state index is -5.19. The summed E-state index contributed by atoms with van der Waals surface area (Å²) in [4.78, 5) is 76.5. The highest BCUT2D eigenvalue weighted by Gasteiger charge is 2.39. The van der Waals surface area contributed by atoms with Crippen molar-refractivity contribution in [3.8, 4) is 5.75 Å². The van der Waals surface area contributed by atoms with E-state index < -0.39 is 42.3 Å². The Balaban J connectivity index is 0.000000626. The van der Waals surface area contributed by atoms with E-state index in [0.717, 1.165) is 68.7 Å². The summed E-state index contributed by atoms with van der Waals surface area (Å²) in [6.07, 6.45) is -12.0. The lowest BCUT2D eigenvalue weighted by atomic mass is 10.1. The number of nitrogens with one attached hydrogen (secondary N) is 4. The van der Waals surface area contributed by atoms with Gasteiger partial charge in [-0.3, -0.25) is 14.4 Å². The molecule has 10 N–H and O–H groups in total. The third kappa shape index (κ3) is 17.7. The van der Waals surface area contributed by atoms with Crippen LogP contribution in [0.15, 0.2) is 12.1 Å². The molecule has 2 aliphatic rings. The molecule has 0 spiro atoms. The van der Waals surface area contributed by atoms with Gasteiger partial charge in [-0.1, -0.05) is 11.6 Å². The molecule has 1 aromatic carbocycles. The quantitative estimate of drug-likeness (QED) is 0.0987. The number of imidazole rings is 1. The molecule has 0 saturated carbocycles. The normalized spacial score (nSPS) is 14.7. The van der Waals surface area contributed by atoms with Crippen molar-refractivity contribution in [1.29, 1.82) is 0 Å². The minimum Gasteiger partial charge on any atom is -0.542 e. The zero-order chi connectivity index (χ0) is 51.9. The van der Waals surface area contributed by atoms with Gasteiger partial charge in [0.05, 0.1) is 18.7 Å². The molecule has 3 aromatic rings. The van der Waals surface area contributed by atoms with Crippen molar-refractivity contribution in [2.24, 2.45) is 0 Å². The van der Waals surface area contributed by atoms with Crippen LogP contribution in [0.4, 0.5) is 51.1 Å². The Hall–Kier alpha value is -6.43. The van der Waals surface area contributed by atoms with E-state index in [1.165, 1.54) is 0 Å². The van der Waals surface area contributed by atoms with E-state index >= 15 is 0 Å². The Morgan fingerprint density at radius 2 is 1.37 bits per heavy atom. The first-order valence-electron chi connectivity index (χ1n) is 19.9. The van der Waals surface area contributed by atoms with Gasteiger partial charge < -0.3 is 62.5 Å². The van der Waals surface area contributed by atoms with Gasteiger partial charge in [0.1, 0.15) is 18.3 Å². The topological polar surface area (TPSA) is 313 Å². The molecule has 68 heavy (non-hydrogen) atoms. The zero-order valence-electron chi connectivity index (χ0n) is 36.1. The number of nitrogen functional groups attached to an aromatic ring is 2. The molecule has 4 heterocycles. The molecule has 2 saturated heterocycles. The fourth-order valence-corrected chi connectivity index (χ4v) is 6.38. The molecule has 0 radical (unpaired) electrons. The second-order valence-electron chi connectivity index (χ2n) is 14.4. The molecular formula is C37H47ClF9N11O10.